The summed E-state index contributed by atoms with van der Waals surface area (Å²) in [7, 11) is -0.376. The van der Waals surface area contributed by atoms with Crippen molar-refractivity contribution in [3.8, 4) is 0 Å². The molecular formula is C15H36OSi3. The molecule has 4 heteroatoms. The normalized spacial score (nSPS) is 26.8. The summed E-state index contributed by atoms with van der Waals surface area (Å²) in [5, 5.41) is 0.586. The Balaban J connectivity index is 3.01. The molecule has 2 atom stereocenters. The van der Waals surface area contributed by atoms with Gasteiger partial charge in [-0.2, -0.15) is 0 Å². The molecule has 0 aromatic heterocycles. The summed E-state index contributed by atoms with van der Waals surface area (Å²) in [5.74, 6) is 0.800. The fraction of sp³-hybridized carbons (Fsp3) is 1.00. The lowest BCUT2D eigenvalue weighted by atomic mass is 9.56. The van der Waals surface area contributed by atoms with Crippen molar-refractivity contribution in [2.75, 3.05) is 6.61 Å². The first-order valence-electron chi connectivity index (χ1n) is 8.16. The van der Waals surface area contributed by atoms with Crippen molar-refractivity contribution >= 4 is 26.1 Å². The maximum absolute atomic E-state index is 5.80. The Kier molecular flexibility index (Phi) is 5.73. The zero-order valence-corrected chi connectivity index (χ0v) is 18.6. The van der Waals surface area contributed by atoms with E-state index in [0.717, 1.165) is 12.5 Å². The quantitative estimate of drug-likeness (QED) is 0.709. The molecule has 1 rings (SSSR count). The van der Waals surface area contributed by atoms with Crippen LogP contribution >= 0.6 is 0 Å². The Morgan fingerprint density at radius 3 is 2.16 bits per heavy atom. The van der Waals surface area contributed by atoms with Crippen LogP contribution in [0.5, 0.6) is 0 Å². The fourth-order valence-electron chi connectivity index (χ4n) is 3.89. The predicted molar refractivity (Wildman–Crippen MR) is 96.1 cm³/mol. The summed E-state index contributed by atoms with van der Waals surface area (Å²) in [6.45, 7) is 21.3. The van der Waals surface area contributed by atoms with Gasteiger partial charge < -0.3 is 4.43 Å². The van der Waals surface area contributed by atoms with Crippen LogP contribution in [0, 0.1) is 16.7 Å². The molecule has 0 aromatic rings. The molecule has 0 bridgehead atoms. The maximum atomic E-state index is 5.80. The lowest BCUT2D eigenvalue weighted by Gasteiger charge is -2.58. The molecule has 0 saturated carbocycles. The van der Waals surface area contributed by atoms with E-state index in [0.29, 0.717) is 15.9 Å². The first kappa shape index (κ1) is 17.7. The Hall–Kier alpha value is 0.611. The second-order valence-electron chi connectivity index (χ2n) is 8.26. The summed E-state index contributed by atoms with van der Waals surface area (Å²) >= 11 is 0. The summed E-state index contributed by atoms with van der Waals surface area (Å²) in [6, 6.07) is 1.46. The van der Waals surface area contributed by atoms with Gasteiger partial charge in [0, 0.05) is 23.5 Å². The zero-order chi connectivity index (χ0) is 14.9. The molecule has 1 aliphatic rings. The van der Waals surface area contributed by atoms with E-state index in [1.165, 1.54) is 12.5 Å². The van der Waals surface area contributed by atoms with Crippen molar-refractivity contribution in [3.63, 3.8) is 0 Å². The molecule has 114 valence electrons. The topological polar surface area (TPSA) is 9.23 Å². The third-order valence-electron chi connectivity index (χ3n) is 7.31. The van der Waals surface area contributed by atoms with Crippen LogP contribution in [0.3, 0.4) is 0 Å². The van der Waals surface area contributed by atoms with Crippen LogP contribution in [0.2, 0.25) is 11.1 Å². The van der Waals surface area contributed by atoms with Gasteiger partial charge in [0.15, 0.2) is 0 Å². The molecule has 1 nitrogen and oxygen atoms in total. The number of rotatable bonds is 5. The lowest BCUT2D eigenvalue weighted by Crippen LogP contribution is -2.54. The predicted octanol–water partition coefficient (Wildman–Crippen LogP) is 2.79. The number of hydrogen-bond donors (Lipinski definition) is 0. The van der Waals surface area contributed by atoms with Crippen LogP contribution in [0.15, 0.2) is 0 Å². The first-order valence-corrected chi connectivity index (χ1v) is 17.4. The molecule has 1 heterocycles. The van der Waals surface area contributed by atoms with Gasteiger partial charge in [-0.25, -0.2) is 0 Å². The third kappa shape index (κ3) is 3.11. The van der Waals surface area contributed by atoms with E-state index in [1.54, 1.807) is 0 Å². The first-order chi connectivity index (χ1) is 8.59. The van der Waals surface area contributed by atoms with Gasteiger partial charge in [0.25, 0.3) is 0 Å². The molecule has 19 heavy (non-hydrogen) atoms. The summed E-state index contributed by atoms with van der Waals surface area (Å²) < 4.78 is 5.80. The Morgan fingerprint density at radius 1 is 1.16 bits per heavy atom. The van der Waals surface area contributed by atoms with Crippen LogP contribution in [0.1, 0.15) is 61.8 Å². The maximum Gasteiger partial charge on any atom is 0.140 e. The summed E-state index contributed by atoms with van der Waals surface area (Å²) in [5.41, 5.74) is 0.859. The van der Waals surface area contributed by atoms with Gasteiger partial charge >= 0.3 is 0 Å². The van der Waals surface area contributed by atoms with Crippen LogP contribution in [-0.4, -0.2) is 32.8 Å². The minimum atomic E-state index is -0.537. The zero-order valence-electron chi connectivity index (χ0n) is 14.6. The standard InChI is InChI=1S/C15H36OSi3/c1-9-12(2)13(3,4)14(5,6)15(7,8)19-11-10-16-17-18-19/h12,19H,9-11,17-18H2,1-8H3. The van der Waals surface area contributed by atoms with Crippen molar-refractivity contribution in [1.82, 2.24) is 0 Å². The van der Waals surface area contributed by atoms with Gasteiger partial charge in [0.2, 0.25) is 0 Å². The van der Waals surface area contributed by atoms with E-state index in [9.17, 15) is 0 Å². The van der Waals surface area contributed by atoms with E-state index in [2.05, 4.69) is 55.4 Å². The van der Waals surface area contributed by atoms with Gasteiger partial charge in [0.05, 0.1) is 0 Å². The lowest BCUT2D eigenvalue weighted by molar-refractivity contribution is 0.0112. The van der Waals surface area contributed by atoms with Crippen molar-refractivity contribution < 1.29 is 4.43 Å². The van der Waals surface area contributed by atoms with Gasteiger partial charge in [-0.05, 0) is 27.8 Å². The van der Waals surface area contributed by atoms with E-state index in [-0.39, 0.29) is 17.8 Å². The largest absolute Gasteiger partial charge is 0.428 e. The molecule has 0 N–H and O–H groups in total. The van der Waals surface area contributed by atoms with Crippen LogP contribution in [-0.2, 0) is 4.43 Å². The molecule has 1 aliphatic heterocycles. The Morgan fingerprint density at radius 2 is 1.74 bits per heavy atom. The number of hydrogen-bond acceptors (Lipinski definition) is 1. The van der Waals surface area contributed by atoms with Crippen molar-refractivity contribution in [1.29, 1.82) is 0 Å². The molecule has 1 saturated heterocycles. The highest BCUT2D eigenvalue weighted by Gasteiger charge is 2.52. The van der Waals surface area contributed by atoms with E-state index in [4.69, 9.17) is 4.43 Å². The third-order valence-corrected chi connectivity index (χ3v) is 28.9. The van der Waals surface area contributed by atoms with Crippen molar-refractivity contribution in [2.24, 2.45) is 16.7 Å². The average Bonchev–Trinajstić information content (AvgIpc) is 2.38. The molecule has 0 amide bonds. The Labute approximate surface area is 127 Å². The Bertz CT molecular complexity index is 294. The van der Waals surface area contributed by atoms with Gasteiger partial charge in [-0.15, -0.1) is 0 Å². The van der Waals surface area contributed by atoms with Crippen molar-refractivity contribution in [3.05, 3.63) is 0 Å². The van der Waals surface area contributed by atoms with E-state index >= 15 is 0 Å². The highest BCUT2D eigenvalue weighted by Crippen LogP contribution is 2.60. The minimum Gasteiger partial charge on any atom is -0.428 e. The highest BCUT2D eigenvalue weighted by molar-refractivity contribution is 7.35. The second-order valence-corrected chi connectivity index (χ2v) is 24.2. The molecule has 2 unspecified atom stereocenters. The molecular weight excluding hydrogens is 280 g/mol. The smallest absolute Gasteiger partial charge is 0.140 e. The van der Waals surface area contributed by atoms with Crippen LogP contribution < -0.4 is 0 Å². The molecule has 0 spiro atoms. The van der Waals surface area contributed by atoms with E-state index in [1.807, 2.05) is 0 Å². The SMILES string of the molecule is CCC(C)C(C)(C)C(C)(C)C(C)(C)[SiH]1CCO[SiH2][SiH2]1. The molecule has 0 aliphatic carbocycles. The molecule has 0 radical (unpaired) electrons. The van der Waals surface area contributed by atoms with Gasteiger partial charge in [-0.1, -0.05) is 61.8 Å². The van der Waals surface area contributed by atoms with E-state index < -0.39 is 8.31 Å². The molecule has 1 fully saturated rings. The van der Waals surface area contributed by atoms with Crippen molar-refractivity contribution in [2.45, 2.75) is 72.9 Å². The van der Waals surface area contributed by atoms with Gasteiger partial charge in [0.1, 0.15) is 9.28 Å². The molecule has 0 aromatic carbocycles. The monoisotopic (exact) mass is 316 g/mol. The van der Waals surface area contributed by atoms with Crippen LogP contribution in [0.25, 0.3) is 0 Å². The van der Waals surface area contributed by atoms with Crippen LogP contribution in [0.4, 0.5) is 0 Å². The van der Waals surface area contributed by atoms with Gasteiger partial charge in [-0.3, -0.25) is 0 Å². The minimum absolute atomic E-state index is 0.0445. The second kappa shape index (κ2) is 6.16. The average molecular weight is 317 g/mol. The fourth-order valence-corrected chi connectivity index (χ4v) is 28.8. The highest BCUT2D eigenvalue weighted by atomic mass is 29.5. The summed E-state index contributed by atoms with van der Waals surface area (Å²) in [4.78, 5) is 0. The summed E-state index contributed by atoms with van der Waals surface area (Å²) in [6.07, 6.45) is 1.30.